The maximum atomic E-state index is 11.2. The summed E-state index contributed by atoms with van der Waals surface area (Å²) in [5.74, 6) is -1.55. The van der Waals surface area contributed by atoms with Crippen molar-refractivity contribution in [3.05, 3.63) is 46.2 Å². The van der Waals surface area contributed by atoms with Gasteiger partial charge in [0.1, 0.15) is 0 Å². The van der Waals surface area contributed by atoms with E-state index in [0.717, 1.165) is 0 Å². The second-order valence-corrected chi connectivity index (χ2v) is 4.54. The van der Waals surface area contributed by atoms with Crippen LogP contribution in [0.1, 0.15) is 10.4 Å². The lowest BCUT2D eigenvalue weighted by molar-refractivity contribution is -0.130. The Morgan fingerprint density at radius 3 is 2.50 bits per heavy atom. The van der Waals surface area contributed by atoms with Crippen LogP contribution < -0.4 is 0 Å². The van der Waals surface area contributed by atoms with E-state index in [9.17, 15) is 15.0 Å². The molecule has 2 rings (SSSR count). The summed E-state index contributed by atoms with van der Waals surface area (Å²) < 4.78 is 0. The van der Waals surface area contributed by atoms with Gasteiger partial charge >= 0.3 is 5.97 Å². The van der Waals surface area contributed by atoms with E-state index in [1.807, 2.05) is 0 Å². The molecule has 1 aromatic heterocycles. The first-order valence-electron chi connectivity index (χ1n) is 5.09. The summed E-state index contributed by atoms with van der Waals surface area (Å²) in [6, 6.07) is 7.64. The molecular formula is C13H10O4S. The maximum absolute atomic E-state index is 11.2. The molecule has 0 fully saturated rings. The third-order valence-electron chi connectivity index (χ3n) is 2.33. The predicted molar refractivity (Wildman–Crippen MR) is 69.6 cm³/mol. The van der Waals surface area contributed by atoms with Gasteiger partial charge in [0.05, 0.1) is 5.57 Å². The van der Waals surface area contributed by atoms with Crippen molar-refractivity contribution in [2.75, 3.05) is 0 Å². The highest BCUT2D eigenvalue weighted by atomic mass is 32.1. The number of phenolic OH excluding ortho intramolecular Hbond substituents is 2. The van der Waals surface area contributed by atoms with Crippen LogP contribution in [0, 0.1) is 0 Å². The number of hydrogen-bond donors (Lipinski definition) is 3. The van der Waals surface area contributed by atoms with Crippen LogP contribution in [-0.2, 0) is 4.79 Å². The van der Waals surface area contributed by atoms with Gasteiger partial charge in [-0.05, 0) is 35.2 Å². The van der Waals surface area contributed by atoms with Crippen LogP contribution in [0.15, 0.2) is 35.7 Å². The van der Waals surface area contributed by atoms with Crippen LogP contribution in [0.2, 0.25) is 0 Å². The average molecular weight is 262 g/mol. The molecule has 1 heterocycles. The summed E-state index contributed by atoms with van der Waals surface area (Å²) in [4.78, 5) is 11.8. The molecule has 0 aliphatic carbocycles. The first-order chi connectivity index (χ1) is 8.58. The van der Waals surface area contributed by atoms with Crippen molar-refractivity contribution in [1.82, 2.24) is 0 Å². The highest BCUT2D eigenvalue weighted by molar-refractivity contribution is 7.11. The Balaban J connectivity index is 2.45. The van der Waals surface area contributed by atoms with Crippen molar-refractivity contribution < 1.29 is 20.1 Å². The Hall–Kier alpha value is -2.27. The summed E-state index contributed by atoms with van der Waals surface area (Å²) in [6.45, 7) is 0. The van der Waals surface area contributed by atoms with E-state index < -0.39 is 5.97 Å². The topological polar surface area (TPSA) is 77.8 Å². The first kappa shape index (κ1) is 12.2. The van der Waals surface area contributed by atoms with Gasteiger partial charge < -0.3 is 15.3 Å². The molecule has 0 unspecified atom stereocenters. The molecule has 0 bridgehead atoms. The Kier molecular flexibility index (Phi) is 3.34. The second-order valence-electron chi connectivity index (χ2n) is 3.59. The highest BCUT2D eigenvalue weighted by Gasteiger charge is 2.11. The zero-order valence-corrected chi connectivity index (χ0v) is 10.0. The van der Waals surface area contributed by atoms with Gasteiger partial charge in [-0.15, -0.1) is 11.3 Å². The molecule has 0 radical (unpaired) electrons. The van der Waals surface area contributed by atoms with Gasteiger partial charge in [-0.1, -0.05) is 12.1 Å². The molecule has 4 nitrogen and oxygen atoms in total. The van der Waals surface area contributed by atoms with Crippen molar-refractivity contribution in [3.8, 4) is 11.5 Å². The zero-order chi connectivity index (χ0) is 13.1. The molecule has 92 valence electrons. The zero-order valence-electron chi connectivity index (χ0n) is 9.20. The van der Waals surface area contributed by atoms with Crippen molar-refractivity contribution in [3.63, 3.8) is 0 Å². The smallest absolute Gasteiger partial charge is 0.337 e. The molecule has 0 saturated heterocycles. The summed E-state index contributed by atoms with van der Waals surface area (Å²) in [6.07, 6.45) is 1.45. The van der Waals surface area contributed by atoms with E-state index in [1.54, 1.807) is 17.5 Å². The van der Waals surface area contributed by atoms with Crippen molar-refractivity contribution in [2.45, 2.75) is 0 Å². The van der Waals surface area contributed by atoms with Crippen molar-refractivity contribution in [2.24, 2.45) is 0 Å². The molecule has 0 atom stereocenters. The summed E-state index contributed by atoms with van der Waals surface area (Å²) in [7, 11) is 0. The monoisotopic (exact) mass is 262 g/mol. The number of phenols is 2. The third kappa shape index (κ3) is 2.52. The molecule has 18 heavy (non-hydrogen) atoms. The quantitative estimate of drug-likeness (QED) is 0.587. The summed E-state index contributed by atoms with van der Waals surface area (Å²) >= 11 is 1.32. The molecule has 0 spiro atoms. The normalized spacial score (nSPS) is 11.4. The van der Waals surface area contributed by atoms with Crippen LogP contribution >= 0.6 is 11.3 Å². The molecule has 3 N–H and O–H groups in total. The molecule has 5 heteroatoms. The molecule has 1 aromatic carbocycles. The molecule has 2 aromatic rings. The number of benzene rings is 1. The minimum Gasteiger partial charge on any atom is -0.504 e. The van der Waals surface area contributed by atoms with Gasteiger partial charge in [0.25, 0.3) is 0 Å². The summed E-state index contributed by atoms with van der Waals surface area (Å²) in [5.41, 5.74) is 0.659. The molecule has 0 aliphatic rings. The molecule has 0 aliphatic heterocycles. The number of carboxylic acid groups (broad SMARTS) is 1. The van der Waals surface area contributed by atoms with Gasteiger partial charge in [0, 0.05) is 4.88 Å². The van der Waals surface area contributed by atoms with Crippen LogP contribution in [0.3, 0.4) is 0 Å². The number of hydrogen-bond acceptors (Lipinski definition) is 4. The van der Waals surface area contributed by atoms with E-state index in [-0.39, 0.29) is 17.1 Å². The van der Waals surface area contributed by atoms with Crippen LogP contribution in [0.4, 0.5) is 0 Å². The fourth-order valence-corrected chi connectivity index (χ4v) is 2.20. The SMILES string of the molecule is O=C(O)/C(=C\c1ccc(O)c(O)c1)c1cccs1. The standard InChI is InChI=1S/C13H10O4S/c14-10-4-3-8(7-11(10)15)6-9(13(16)17)12-2-1-5-18-12/h1-7,14-15H,(H,16,17)/b9-6-. The number of thiophene rings is 1. The fraction of sp³-hybridized carbons (Fsp3) is 0. The Labute approximate surface area is 107 Å². The number of aliphatic carboxylic acids is 1. The Morgan fingerprint density at radius 2 is 1.94 bits per heavy atom. The summed E-state index contributed by atoms with van der Waals surface area (Å²) in [5, 5.41) is 29.5. The van der Waals surface area contributed by atoms with E-state index in [1.165, 1.54) is 35.6 Å². The first-order valence-corrected chi connectivity index (χ1v) is 5.97. The number of carboxylic acids is 1. The van der Waals surface area contributed by atoms with E-state index >= 15 is 0 Å². The maximum Gasteiger partial charge on any atom is 0.337 e. The lowest BCUT2D eigenvalue weighted by Crippen LogP contribution is -1.97. The fourth-order valence-electron chi connectivity index (χ4n) is 1.47. The predicted octanol–water partition coefficient (Wildman–Crippen LogP) is 2.78. The van der Waals surface area contributed by atoms with Gasteiger partial charge in [-0.3, -0.25) is 0 Å². The van der Waals surface area contributed by atoms with Gasteiger partial charge in [-0.25, -0.2) is 4.79 Å². The van der Waals surface area contributed by atoms with Crippen LogP contribution in [-0.4, -0.2) is 21.3 Å². The molecule has 0 amide bonds. The third-order valence-corrected chi connectivity index (χ3v) is 3.23. The van der Waals surface area contributed by atoms with E-state index in [4.69, 9.17) is 5.11 Å². The number of rotatable bonds is 3. The Morgan fingerprint density at radius 1 is 1.17 bits per heavy atom. The number of carbonyl (C=O) groups is 1. The molecular weight excluding hydrogens is 252 g/mol. The minimum absolute atomic E-state index is 0.148. The number of aromatic hydroxyl groups is 2. The second kappa shape index (κ2) is 4.93. The lowest BCUT2D eigenvalue weighted by atomic mass is 10.1. The van der Waals surface area contributed by atoms with Crippen LogP contribution in [0.25, 0.3) is 11.6 Å². The van der Waals surface area contributed by atoms with E-state index in [2.05, 4.69) is 0 Å². The van der Waals surface area contributed by atoms with Crippen LogP contribution in [0.5, 0.6) is 11.5 Å². The van der Waals surface area contributed by atoms with Gasteiger partial charge in [-0.2, -0.15) is 0 Å². The van der Waals surface area contributed by atoms with Gasteiger partial charge in [0.15, 0.2) is 11.5 Å². The Bertz CT molecular complexity index is 599. The molecule has 0 saturated carbocycles. The minimum atomic E-state index is -1.04. The highest BCUT2D eigenvalue weighted by Crippen LogP contribution is 2.28. The van der Waals surface area contributed by atoms with Crippen molar-refractivity contribution in [1.29, 1.82) is 0 Å². The lowest BCUT2D eigenvalue weighted by Gasteiger charge is -2.02. The van der Waals surface area contributed by atoms with Crippen molar-refractivity contribution >= 4 is 29.0 Å². The average Bonchev–Trinajstić information content (AvgIpc) is 2.83. The van der Waals surface area contributed by atoms with E-state index in [0.29, 0.717) is 10.4 Å². The van der Waals surface area contributed by atoms with Gasteiger partial charge in [0.2, 0.25) is 0 Å². The largest absolute Gasteiger partial charge is 0.504 e.